The molecule has 0 aliphatic rings. The van der Waals surface area contributed by atoms with Gasteiger partial charge in [-0.25, -0.2) is 0 Å². The molecule has 0 aliphatic carbocycles. The smallest absolute Gasteiger partial charge is 0.138 e. The molecule has 0 amide bonds. The summed E-state index contributed by atoms with van der Waals surface area (Å²) in [5.74, 6) is 0.911. The predicted octanol–water partition coefficient (Wildman–Crippen LogP) is 4.15. The second-order valence-corrected chi connectivity index (χ2v) is 5.58. The number of hydrogen-bond acceptors (Lipinski definition) is 4. The van der Waals surface area contributed by atoms with E-state index >= 15 is 0 Å². The maximum atomic E-state index is 5.23. The Bertz CT molecular complexity index is 470. The van der Waals surface area contributed by atoms with E-state index in [4.69, 9.17) is 4.52 Å². The Kier molecular flexibility index (Phi) is 4.19. The Morgan fingerprint density at radius 1 is 1.44 bits per heavy atom. The van der Waals surface area contributed by atoms with Crippen molar-refractivity contribution in [3.63, 3.8) is 0 Å². The van der Waals surface area contributed by atoms with Crippen molar-refractivity contribution in [3.05, 3.63) is 39.4 Å². The second-order valence-electron chi connectivity index (χ2n) is 4.60. The molecule has 2 heterocycles. The molecule has 0 aliphatic heterocycles. The highest BCUT2D eigenvalue weighted by Crippen LogP contribution is 2.27. The molecule has 2 atom stereocenters. The van der Waals surface area contributed by atoms with Crippen molar-refractivity contribution in [2.45, 2.75) is 46.2 Å². The highest BCUT2D eigenvalue weighted by molar-refractivity contribution is 7.10. The van der Waals surface area contributed by atoms with Crippen LogP contribution < -0.4 is 5.32 Å². The lowest BCUT2D eigenvalue weighted by molar-refractivity contribution is 0.388. The van der Waals surface area contributed by atoms with Gasteiger partial charge < -0.3 is 9.84 Å². The van der Waals surface area contributed by atoms with Crippen LogP contribution in [-0.4, -0.2) is 5.16 Å². The first-order valence-electron chi connectivity index (χ1n) is 6.35. The molecule has 0 radical (unpaired) electrons. The number of aryl methyl sites for hydroxylation is 2. The predicted molar refractivity (Wildman–Crippen MR) is 74.9 cm³/mol. The maximum Gasteiger partial charge on any atom is 0.138 e. The van der Waals surface area contributed by atoms with Crippen LogP contribution in [0.1, 0.15) is 54.2 Å². The zero-order chi connectivity index (χ0) is 13.1. The lowest BCUT2D eigenvalue weighted by atomic mass is 10.0. The summed E-state index contributed by atoms with van der Waals surface area (Å²) in [5.41, 5.74) is 2.17. The van der Waals surface area contributed by atoms with Gasteiger partial charge in [-0.15, -0.1) is 11.3 Å². The molecule has 2 aromatic heterocycles. The lowest BCUT2D eigenvalue weighted by Gasteiger charge is -2.21. The van der Waals surface area contributed by atoms with Crippen molar-refractivity contribution >= 4 is 11.3 Å². The summed E-state index contributed by atoms with van der Waals surface area (Å²) in [6, 6.07) is 4.94. The fraction of sp³-hybridized carbons (Fsp3) is 0.500. The fourth-order valence-corrected chi connectivity index (χ4v) is 3.25. The van der Waals surface area contributed by atoms with Crippen molar-refractivity contribution in [1.29, 1.82) is 0 Å². The van der Waals surface area contributed by atoms with Crippen LogP contribution in [0.3, 0.4) is 0 Å². The van der Waals surface area contributed by atoms with E-state index in [-0.39, 0.29) is 6.04 Å². The van der Waals surface area contributed by atoms with Gasteiger partial charge in [-0.05, 0) is 38.6 Å². The van der Waals surface area contributed by atoms with Gasteiger partial charge in [0.1, 0.15) is 5.76 Å². The van der Waals surface area contributed by atoms with Crippen molar-refractivity contribution in [3.8, 4) is 0 Å². The third kappa shape index (κ3) is 2.65. The third-order valence-electron chi connectivity index (χ3n) is 3.27. The number of hydrogen-bond donors (Lipinski definition) is 1. The van der Waals surface area contributed by atoms with Crippen molar-refractivity contribution in [1.82, 2.24) is 10.5 Å². The lowest BCUT2D eigenvalue weighted by Crippen LogP contribution is -2.24. The summed E-state index contributed by atoms with van der Waals surface area (Å²) in [6.07, 6.45) is 1.08. The first-order valence-corrected chi connectivity index (χ1v) is 7.23. The SMILES string of the molecule is CCC(NC(C)c1c(C)noc1C)c1cccs1. The van der Waals surface area contributed by atoms with E-state index in [1.165, 1.54) is 10.4 Å². The van der Waals surface area contributed by atoms with E-state index in [1.807, 2.05) is 13.8 Å². The van der Waals surface area contributed by atoms with Crippen LogP contribution in [0.25, 0.3) is 0 Å². The summed E-state index contributed by atoms with van der Waals surface area (Å²) >= 11 is 1.80. The number of aromatic nitrogens is 1. The van der Waals surface area contributed by atoms with Gasteiger partial charge in [0.15, 0.2) is 0 Å². The largest absolute Gasteiger partial charge is 0.361 e. The normalized spacial score (nSPS) is 14.7. The minimum absolute atomic E-state index is 0.253. The quantitative estimate of drug-likeness (QED) is 0.881. The monoisotopic (exact) mass is 264 g/mol. The Morgan fingerprint density at radius 2 is 2.22 bits per heavy atom. The van der Waals surface area contributed by atoms with Gasteiger partial charge in [-0.2, -0.15) is 0 Å². The molecule has 0 saturated heterocycles. The Labute approximate surface area is 112 Å². The number of nitrogens with zero attached hydrogens (tertiary/aromatic N) is 1. The van der Waals surface area contributed by atoms with Gasteiger partial charge in [0.05, 0.1) is 5.69 Å². The van der Waals surface area contributed by atoms with Crippen LogP contribution in [0.4, 0.5) is 0 Å². The Morgan fingerprint density at radius 3 is 2.72 bits per heavy atom. The van der Waals surface area contributed by atoms with Gasteiger partial charge >= 0.3 is 0 Å². The molecule has 2 rings (SSSR count). The van der Waals surface area contributed by atoms with Gasteiger partial charge in [0.2, 0.25) is 0 Å². The number of rotatable bonds is 5. The average molecular weight is 264 g/mol. The molecule has 18 heavy (non-hydrogen) atoms. The standard InChI is InChI=1S/C14H20N2OS/c1-5-12(13-7-6-8-18-13)15-9(2)14-10(3)16-17-11(14)4/h6-9,12,15H,5H2,1-4H3. The molecule has 0 bridgehead atoms. The maximum absolute atomic E-state index is 5.23. The highest BCUT2D eigenvalue weighted by atomic mass is 32.1. The van der Waals surface area contributed by atoms with Crippen LogP contribution in [0.2, 0.25) is 0 Å². The minimum atomic E-state index is 0.253. The fourth-order valence-electron chi connectivity index (χ4n) is 2.38. The van der Waals surface area contributed by atoms with Crippen LogP contribution in [0.5, 0.6) is 0 Å². The molecule has 0 aromatic carbocycles. The second kappa shape index (κ2) is 5.67. The molecule has 0 saturated carbocycles. The van der Waals surface area contributed by atoms with E-state index in [1.54, 1.807) is 11.3 Å². The van der Waals surface area contributed by atoms with E-state index < -0.39 is 0 Å². The summed E-state index contributed by atoms with van der Waals surface area (Å²) in [5, 5.41) is 9.81. The Balaban J connectivity index is 2.13. The first kappa shape index (κ1) is 13.3. The van der Waals surface area contributed by atoms with Crippen LogP contribution in [-0.2, 0) is 0 Å². The molecular formula is C14H20N2OS. The number of thiophene rings is 1. The molecule has 2 unspecified atom stereocenters. The van der Waals surface area contributed by atoms with Gasteiger partial charge in [-0.1, -0.05) is 18.1 Å². The average Bonchev–Trinajstić information content (AvgIpc) is 2.96. The summed E-state index contributed by atoms with van der Waals surface area (Å²) in [4.78, 5) is 1.39. The summed E-state index contributed by atoms with van der Waals surface area (Å²) in [7, 11) is 0. The third-order valence-corrected chi connectivity index (χ3v) is 4.25. The van der Waals surface area contributed by atoms with Crippen LogP contribution in [0, 0.1) is 13.8 Å². The zero-order valence-electron chi connectivity index (χ0n) is 11.4. The van der Waals surface area contributed by atoms with Crippen molar-refractivity contribution in [2.75, 3.05) is 0 Å². The van der Waals surface area contributed by atoms with Gasteiger partial charge in [0.25, 0.3) is 0 Å². The molecule has 2 aromatic rings. The number of nitrogens with one attached hydrogen (secondary N) is 1. The van der Waals surface area contributed by atoms with E-state index in [9.17, 15) is 0 Å². The molecule has 3 nitrogen and oxygen atoms in total. The summed E-state index contributed by atoms with van der Waals surface area (Å²) < 4.78 is 5.23. The Hall–Kier alpha value is -1.13. The molecule has 0 spiro atoms. The molecular weight excluding hydrogens is 244 g/mol. The van der Waals surface area contributed by atoms with Crippen molar-refractivity contribution in [2.24, 2.45) is 0 Å². The van der Waals surface area contributed by atoms with Crippen molar-refractivity contribution < 1.29 is 4.52 Å². The first-order chi connectivity index (χ1) is 8.63. The van der Waals surface area contributed by atoms with E-state index in [2.05, 4.69) is 41.8 Å². The van der Waals surface area contributed by atoms with Gasteiger partial charge in [-0.3, -0.25) is 0 Å². The van der Waals surface area contributed by atoms with E-state index in [0.29, 0.717) is 6.04 Å². The van der Waals surface area contributed by atoms with Gasteiger partial charge in [0, 0.05) is 22.5 Å². The van der Waals surface area contributed by atoms with Crippen LogP contribution in [0.15, 0.2) is 22.0 Å². The molecule has 0 fully saturated rings. The zero-order valence-corrected chi connectivity index (χ0v) is 12.2. The highest BCUT2D eigenvalue weighted by Gasteiger charge is 2.20. The molecule has 4 heteroatoms. The van der Waals surface area contributed by atoms with Crippen LogP contribution >= 0.6 is 11.3 Å². The molecule has 1 N–H and O–H groups in total. The minimum Gasteiger partial charge on any atom is -0.361 e. The molecule has 98 valence electrons. The topological polar surface area (TPSA) is 38.1 Å². The van der Waals surface area contributed by atoms with E-state index in [0.717, 1.165) is 17.9 Å². The summed E-state index contributed by atoms with van der Waals surface area (Å²) in [6.45, 7) is 8.34.